The van der Waals surface area contributed by atoms with E-state index in [-0.39, 0.29) is 30.6 Å². The fraction of sp³-hybridized carbons (Fsp3) is 0.161. The van der Waals surface area contributed by atoms with Gasteiger partial charge in [-0.15, -0.1) is 0 Å². The molecule has 0 bridgehead atoms. The minimum atomic E-state index is -0.361. The van der Waals surface area contributed by atoms with Crippen molar-refractivity contribution in [2.45, 2.75) is 19.5 Å². The smallest absolute Gasteiger partial charge is 0.258 e. The molecule has 5 nitrogen and oxygen atoms in total. The molecule has 0 radical (unpaired) electrons. The number of amides is 2. The lowest BCUT2D eigenvalue weighted by Gasteiger charge is -2.24. The lowest BCUT2D eigenvalue weighted by atomic mass is 10.1. The molecule has 6 heteroatoms. The van der Waals surface area contributed by atoms with Gasteiger partial charge in [-0.1, -0.05) is 60.7 Å². The van der Waals surface area contributed by atoms with Crippen molar-refractivity contribution in [1.29, 1.82) is 0 Å². The van der Waals surface area contributed by atoms with Crippen LogP contribution in [0.15, 0.2) is 103 Å². The Hall–Kier alpha value is -4.45. The molecule has 4 aromatic rings. The summed E-state index contributed by atoms with van der Waals surface area (Å²) >= 11 is 0. The van der Waals surface area contributed by atoms with E-state index in [1.54, 1.807) is 60.4 Å². The van der Waals surface area contributed by atoms with Gasteiger partial charge in [0.15, 0.2) is 0 Å². The Morgan fingerprint density at radius 3 is 2.16 bits per heavy atom. The summed E-state index contributed by atoms with van der Waals surface area (Å²) in [6.07, 6.45) is 0.247. The van der Waals surface area contributed by atoms with Crippen LogP contribution < -0.4 is 9.64 Å². The van der Waals surface area contributed by atoms with Gasteiger partial charge in [-0.05, 0) is 59.2 Å². The zero-order valence-electron chi connectivity index (χ0n) is 20.9. The summed E-state index contributed by atoms with van der Waals surface area (Å²) in [4.78, 5) is 29.6. The molecule has 0 unspecified atom stereocenters. The van der Waals surface area contributed by atoms with Gasteiger partial charge in [0.25, 0.3) is 5.91 Å². The summed E-state index contributed by atoms with van der Waals surface area (Å²) in [6, 6.07) is 30.3. The van der Waals surface area contributed by atoms with Gasteiger partial charge in [-0.2, -0.15) is 0 Å². The van der Waals surface area contributed by atoms with Crippen molar-refractivity contribution in [3.63, 3.8) is 0 Å². The first-order valence-corrected chi connectivity index (χ1v) is 12.0. The van der Waals surface area contributed by atoms with E-state index in [1.807, 2.05) is 54.6 Å². The average Bonchev–Trinajstić information content (AvgIpc) is 2.92. The second kappa shape index (κ2) is 12.0. The third kappa shape index (κ3) is 6.82. The van der Waals surface area contributed by atoms with Crippen LogP contribution in [0, 0.1) is 5.82 Å². The molecule has 0 N–H and O–H groups in total. The summed E-state index contributed by atoms with van der Waals surface area (Å²) in [7, 11) is 3.34. The Labute approximate surface area is 216 Å². The van der Waals surface area contributed by atoms with Crippen molar-refractivity contribution in [2.75, 3.05) is 19.1 Å². The maximum atomic E-state index is 13.9. The van der Waals surface area contributed by atoms with Crippen LogP contribution in [0.4, 0.5) is 10.1 Å². The third-order valence-corrected chi connectivity index (χ3v) is 6.08. The van der Waals surface area contributed by atoms with Gasteiger partial charge in [0.2, 0.25) is 5.91 Å². The number of likely N-dealkylation sites (N-methyl/N-ethyl adjacent to an activating group) is 1. The number of hydrogen-bond donors (Lipinski definition) is 0. The molecule has 0 saturated carbocycles. The standard InChI is InChI=1S/C31H29FN2O3/c1-33(21-24-8-4-3-5-9-24)30(35)19-23-14-16-28(17-15-23)34(22-25-10-6-12-27(32)18-25)31(36)26-11-7-13-29(20-26)37-2/h3-18,20H,19,21-22H2,1-2H3. The highest BCUT2D eigenvalue weighted by atomic mass is 19.1. The highest BCUT2D eigenvalue weighted by Gasteiger charge is 2.20. The molecule has 0 spiro atoms. The fourth-order valence-electron chi connectivity index (χ4n) is 4.06. The number of ether oxygens (including phenoxy) is 1. The lowest BCUT2D eigenvalue weighted by Crippen LogP contribution is -2.30. The number of methoxy groups -OCH3 is 1. The monoisotopic (exact) mass is 496 g/mol. The molecule has 0 heterocycles. The normalized spacial score (nSPS) is 10.6. The van der Waals surface area contributed by atoms with E-state index in [9.17, 15) is 14.0 Å². The van der Waals surface area contributed by atoms with Crippen LogP contribution >= 0.6 is 0 Å². The zero-order chi connectivity index (χ0) is 26.2. The Balaban J connectivity index is 1.53. The molecular weight excluding hydrogens is 467 g/mol. The van der Waals surface area contributed by atoms with E-state index in [0.717, 1.165) is 11.1 Å². The quantitative estimate of drug-likeness (QED) is 0.291. The first-order valence-electron chi connectivity index (χ1n) is 12.0. The van der Waals surface area contributed by atoms with Gasteiger partial charge < -0.3 is 14.5 Å². The van der Waals surface area contributed by atoms with E-state index in [4.69, 9.17) is 4.74 Å². The number of nitrogens with zero attached hydrogens (tertiary/aromatic N) is 2. The highest BCUT2D eigenvalue weighted by Crippen LogP contribution is 2.23. The third-order valence-electron chi connectivity index (χ3n) is 6.08. The van der Waals surface area contributed by atoms with Crippen molar-refractivity contribution in [2.24, 2.45) is 0 Å². The zero-order valence-corrected chi connectivity index (χ0v) is 20.9. The van der Waals surface area contributed by atoms with Crippen LogP contribution in [0.2, 0.25) is 0 Å². The topological polar surface area (TPSA) is 49.9 Å². The van der Waals surface area contributed by atoms with Gasteiger partial charge >= 0.3 is 0 Å². The molecule has 0 aliphatic carbocycles. The predicted octanol–water partition coefficient (Wildman–Crippen LogP) is 5.88. The van der Waals surface area contributed by atoms with E-state index in [2.05, 4.69) is 0 Å². The molecule has 188 valence electrons. The molecule has 37 heavy (non-hydrogen) atoms. The van der Waals surface area contributed by atoms with Crippen LogP contribution in [0.3, 0.4) is 0 Å². The Bertz CT molecular complexity index is 1360. The van der Waals surface area contributed by atoms with Gasteiger partial charge in [-0.3, -0.25) is 9.59 Å². The SMILES string of the molecule is COc1cccc(C(=O)N(Cc2cccc(F)c2)c2ccc(CC(=O)N(C)Cc3ccccc3)cc2)c1. The molecule has 0 atom stereocenters. The van der Waals surface area contributed by atoms with E-state index in [0.29, 0.717) is 29.1 Å². The van der Waals surface area contributed by atoms with Crippen molar-refractivity contribution in [3.05, 3.63) is 131 Å². The molecule has 4 rings (SSSR count). The van der Waals surface area contributed by atoms with Crippen molar-refractivity contribution in [1.82, 2.24) is 4.90 Å². The van der Waals surface area contributed by atoms with Crippen LogP contribution in [0.1, 0.15) is 27.0 Å². The lowest BCUT2D eigenvalue weighted by molar-refractivity contribution is -0.129. The van der Waals surface area contributed by atoms with E-state index < -0.39 is 0 Å². The van der Waals surface area contributed by atoms with Crippen LogP contribution in [0.25, 0.3) is 0 Å². The van der Waals surface area contributed by atoms with Gasteiger partial charge in [0, 0.05) is 24.8 Å². The summed E-state index contributed by atoms with van der Waals surface area (Å²) < 4.78 is 19.1. The summed E-state index contributed by atoms with van der Waals surface area (Å²) in [5, 5.41) is 0. The molecule has 2 amide bonds. The molecule has 0 aliphatic heterocycles. The first-order chi connectivity index (χ1) is 17.9. The molecule has 0 aliphatic rings. The van der Waals surface area contributed by atoms with Gasteiger partial charge in [0.1, 0.15) is 11.6 Å². The number of benzene rings is 4. The summed E-state index contributed by atoms with van der Waals surface area (Å²) in [6.45, 7) is 0.722. The van der Waals surface area contributed by atoms with Crippen LogP contribution in [-0.2, 0) is 24.3 Å². The molecule has 4 aromatic carbocycles. The van der Waals surface area contributed by atoms with Crippen molar-refractivity contribution in [3.8, 4) is 5.75 Å². The summed E-state index contributed by atoms with van der Waals surface area (Å²) in [5.74, 6) is -0.0277. The van der Waals surface area contributed by atoms with Crippen LogP contribution in [0.5, 0.6) is 5.75 Å². The number of carbonyl (C=O) groups is 2. The highest BCUT2D eigenvalue weighted by molar-refractivity contribution is 6.06. The molecule has 0 saturated heterocycles. The second-order valence-electron chi connectivity index (χ2n) is 8.83. The number of hydrogen-bond acceptors (Lipinski definition) is 3. The van der Waals surface area contributed by atoms with Crippen LogP contribution in [-0.4, -0.2) is 30.9 Å². The van der Waals surface area contributed by atoms with Gasteiger partial charge in [0.05, 0.1) is 20.1 Å². The predicted molar refractivity (Wildman–Crippen MR) is 143 cm³/mol. The minimum Gasteiger partial charge on any atom is -0.497 e. The number of anilines is 1. The molecule has 0 aromatic heterocycles. The molecular formula is C31H29FN2O3. The Morgan fingerprint density at radius 2 is 1.46 bits per heavy atom. The van der Waals surface area contributed by atoms with E-state index >= 15 is 0 Å². The maximum Gasteiger partial charge on any atom is 0.258 e. The fourth-order valence-corrected chi connectivity index (χ4v) is 4.06. The van der Waals surface area contributed by atoms with Gasteiger partial charge in [-0.25, -0.2) is 4.39 Å². The first kappa shape index (κ1) is 25.6. The number of rotatable bonds is 9. The Kier molecular flexibility index (Phi) is 8.31. The largest absolute Gasteiger partial charge is 0.497 e. The molecule has 0 fully saturated rings. The Morgan fingerprint density at radius 1 is 0.757 bits per heavy atom. The average molecular weight is 497 g/mol. The second-order valence-corrected chi connectivity index (χ2v) is 8.83. The van der Waals surface area contributed by atoms with E-state index in [1.165, 1.54) is 12.1 Å². The van der Waals surface area contributed by atoms with Crippen molar-refractivity contribution >= 4 is 17.5 Å². The number of carbonyl (C=O) groups excluding carboxylic acids is 2. The van der Waals surface area contributed by atoms with Crippen molar-refractivity contribution < 1.29 is 18.7 Å². The minimum absolute atomic E-state index is 0.000627. The summed E-state index contributed by atoms with van der Waals surface area (Å²) in [5.41, 5.74) is 3.67. The maximum absolute atomic E-state index is 13.9. The number of halogens is 1.